The number of benzene rings is 2. The van der Waals surface area contributed by atoms with E-state index in [2.05, 4.69) is 20.1 Å². The maximum atomic E-state index is 13.7. The summed E-state index contributed by atoms with van der Waals surface area (Å²) in [7, 11) is 0. The lowest BCUT2D eigenvalue weighted by Crippen LogP contribution is -2.16. The molecule has 2 aromatic carbocycles. The zero-order valence-electron chi connectivity index (χ0n) is 17.2. The van der Waals surface area contributed by atoms with Crippen LogP contribution in [0.15, 0.2) is 54.6 Å². The third kappa shape index (κ3) is 4.80. The van der Waals surface area contributed by atoms with Gasteiger partial charge in [0.25, 0.3) is 5.91 Å². The van der Waals surface area contributed by atoms with E-state index < -0.39 is 30.2 Å². The molecule has 176 valence electrons. The summed E-state index contributed by atoms with van der Waals surface area (Å²) in [5, 5.41) is 6.22. The summed E-state index contributed by atoms with van der Waals surface area (Å²) in [6.45, 7) is -1.50. The predicted molar refractivity (Wildman–Crippen MR) is 109 cm³/mol. The van der Waals surface area contributed by atoms with Crippen molar-refractivity contribution < 1.29 is 35.9 Å². The molecule has 0 fully saturated rings. The molecule has 0 saturated heterocycles. The molecule has 1 N–H and O–H groups in total. The molecule has 2 aromatic heterocycles. The van der Waals surface area contributed by atoms with Crippen LogP contribution in [0.4, 0.5) is 32.0 Å². The highest BCUT2D eigenvalue weighted by Crippen LogP contribution is 2.32. The molecule has 12 heteroatoms. The van der Waals surface area contributed by atoms with Gasteiger partial charge in [0, 0.05) is 17.3 Å². The number of ether oxygens (including phenoxy) is 1. The van der Waals surface area contributed by atoms with Crippen molar-refractivity contribution in [3.8, 4) is 17.0 Å². The van der Waals surface area contributed by atoms with E-state index in [1.807, 2.05) is 0 Å². The number of halogens is 6. The van der Waals surface area contributed by atoms with E-state index in [0.717, 1.165) is 24.3 Å². The fourth-order valence-corrected chi connectivity index (χ4v) is 3.19. The fraction of sp³-hybridized carbons (Fsp3) is 0.136. The molecular formula is C22H14F6N4O2. The molecule has 34 heavy (non-hydrogen) atoms. The largest absolute Gasteiger partial charge is 0.435 e. The standard InChI is InChI=1S/C22H14F6N4O2/c1-11-8-14(34-21(24)25)6-7-15(11)30-20(33)17-10-19-29-16(12-2-4-13(23)5-3-12)9-18(22(26,27)28)32(19)31-17/h2-10,21H,1H3,(H,30,33). The van der Waals surface area contributed by atoms with Crippen molar-refractivity contribution in [2.45, 2.75) is 19.7 Å². The predicted octanol–water partition coefficient (Wildman–Crippen LogP) is 5.72. The van der Waals surface area contributed by atoms with Crippen LogP contribution in [0.1, 0.15) is 21.7 Å². The summed E-state index contributed by atoms with van der Waals surface area (Å²) in [4.78, 5) is 16.8. The third-order valence-corrected chi connectivity index (χ3v) is 4.76. The van der Waals surface area contributed by atoms with Crippen molar-refractivity contribution in [3.63, 3.8) is 0 Å². The quantitative estimate of drug-likeness (QED) is 0.371. The Balaban J connectivity index is 1.70. The molecule has 0 bridgehead atoms. The van der Waals surface area contributed by atoms with E-state index in [4.69, 9.17) is 0 Å². The van der Waals surface area contributed by atoms with E-state index >= 15 is 0 Å². The summed E-state index contributed by atoms with van der Waals surface area (Å²) >= 11 is 0. The molecule has 0 atom stereocenters. The molecule has 1 amide bonds. The van der Waals surface area contributed by atoms with Gasteiger partial charge in [-0.1, -0.05) is 0 Å². The molecule has 2 heterocycles. The number of anilines is 1. The molecule has 4 rings (SSSR count). The second-order valence-electron chi connectivity index (χ2n) is 7.14. The SMILES string of the molecule is Cc1cc(OC(F)F)ccc1NC(=O)c1cc2nc(-c3ccc(F)cc3)cc(C(F)(F)F)n2n1. The van der Waals surface area contributed by atoms with Gasteiger partial charge in [-0.05, 0) is 61.0 Å². The van der Waals surface area contributed by atoms with E-state index in [1.54, 1.807) is 0 Å². The van der Waals surface area contributed by atoms with Crippen molar-refractivity contribution in [2.75, 3.05) is 5.32 Å². The lowest BCUT2D eigenvalue weighted by molar-refractivity contribution is -0.142. The number of carbonyl (C=O) groups is 1. The maximum Gasteiger partial charge on any atom is 0.433 e. The maximum absolute atomic E-state index is 13.7. The van der Waals surface area contributed by atoms with Gasteiger partial charge in [-0.2, -0.15) is 27.1 Å². The number of aromatic nitrogens is 3. The minimum absolute atomic E-state index is 0.0860. The summed E-state index contributed by atoms with van der Waals surface area (Å²) in [5.74, 6) is -1.52. The molecule has 0 aliphatic carbocycles. The average molecular weight is 480 g/mol. The Morgan fingerprint density at radius 2 is 1.76 bits per heavy atom. The highest BCUT2D eigenvalue weighted by molar-refractivity contribution is 6.04. The molecule has 6 nitrogen and oxygen atoms in total. The van der Waals surface area contributed by atoms with Crippen molar-refractivity contribution >= 4 is 17.2 Å². The number of alkyl halides is 5. The third-order valence-electron chi connectivity index (χ3n) is 4.76. The van der Waals surface area contributed by atoms with Crippen LogP contribution in [0.5, 0.6) is 5.75 Å². The van der Waals surface area contributed by atoms with Crippen LogP contribution >= 0.6 is 0 Å². The van der Waals surface area contributed by atoms with Crippen molar-refractivity contribution in [1.82, 2.24) is 14.6 Å². The molecule has 0 radical (unpaired) electrons. The van der Waals surface area contributed by atoms with Gasteiger partial charge in [0.2, 0.25) is 0 Å². The number of nitrogens with one attached hydrogen (secondary N) is 1. The average Bonchev–Trinajstić information content (AvgIpc) is 3.18. The Kier molecular flexibility index (Phi) is 5.90. The number of fused-ring (bicyclic) bond motifs is 1. The Morgan fingerprint density at radius 1 is 1.06 bits per heavy atom. The first-order valence-electron chi connectivity index (χ1n) is 9.62. The molecule has 4 aromatic rings. The zero-order valence-corrected chi connectivity index (χ0v) is 17.2. The Morgan fingerprint density at radius 3 is 2.38 bits per heavy atom. The fourth-order valence-electron chi connectivity index (χ4n) is 3.19. The monoisotopic (exact) mass is 480 g/mol. The van der Waals surface area contributed by atoms with Gasteiger partial charge < -0.3 is 10.1 Å². The number of nitrogens with zero attached hydrogens (tertiary/aromatic N) is 3. The second kappa shape index (κ2) is 8.69. The summed E-state index contributed by atoms with van der Waals surface area (Å²) in [6, 6.07) is 10.3. The van der Waals surface area contributed by atoms with Crippen LogP contribution in [-0.4, -0.2) is 27.1 Å². The molecule has 0 aliphatic rings. The van der Waals surface area contributed by atoms with Gasteiger partial charge >= 0.3 is 12.8 Å². The number of carbonyl (C=O) groups excluding carboxylic acids is 1. The first-order chi connectivity index (χ1) is 16.0. The molecular weight excluding hydrogens is 466 g/mol. The number of hydrogen-bond acceptors (Lipinski definition) is 4. The summed E-state index contributed by atoms with van der Waals surface area (Å²) < 4.78 is 83.8. The van der Waals surface area contributed by atoms with E-state index in [9.17, 15) is 31.1 Å². The smallest absolute Gasteiger partial charge is 0.433 e. The van der Waals surface area contributed by atoms with Crippen LogP contribution in [0.25, 0.3) is 16.9 Å². The van der Waals surface area contributed by atoms with E-state index in [-0.39, 0.29) is 34.0 Å². The van der Waals surface area contributed by atoms with Crippen molar-refractivity contribution in [1.29, 1.82) is 0 Å². The van der Waals surface area contributed by atoms with Gasteiger partial charge in [0.15, 0.2) is 17.0 Å². The lowest BCUT2D eigenvalue weighted by Gasteiger charge is -2.11. The summed E-state index contributed by atoms with van der Waals surface area (Å²) in [6.07, 6.45) is -4.83. The van der Waals surface area contributed by atoms with E-state index in [1.165, 1.54) is 37.3 Å². The molecule has 0 saturated carbocycles. The minimum Gasteiger partial charge on any atom is -0.435 e. The van der Waals surface area contributed by atoms with Crippen LogP contribution in [-0.2, 0) is 6.18 Å². The van der Waals surface area contributed by atoms with E-state index in [0.29, 0.717) is 10.1 Å². The molecule has 0 aliphatic heterocycles. The van der Waals surface area contributed by atoms with Crippen LogP contribution < -0.4 is 10.1 Å². The van der Waals surface area contributed by atoms with Gasteiger partial charge in [-0.25, -0.2) is 13.9 Å². The normalized spacial score (nSPS) is 11.8. The van der Waals surface area contributed by atoms with Gasteiger partial charge in [-0.15, -0.1) is 0 Å². The minimum atomic E-state index is -4.83. The van der Waals surface area contributed by atoms with Gasteiger partial charge in [-0.3, -0.25) is 4.79 Å². The van der Waals surface area contributed by atoms with Crippen LogP contribution in [0, 0.1) is 12.7 Å². The Labute approximate surface area is 187 Å². The zero-order chi connectivity index (χ0) is 24.6. The highest BCUT2D eigenvalue weighted by atomic mass is 19.4. The van der Waals surface area contributed by atoms with Crippen LogP contribution in [0.3, 0.4) is 0 Å². The first-order valence-corrected chi connectivity index (χ1v) is 9.62. The number of aryl methyl sites for hydroxylation is 1. The highest BCUT2D eigenvalue weighted by Gasteiger charge is 2.35. The Hall–Kier alpha value is -4.09. The molecule has 0 unspecified atom stereocenters. The van der Waals surface area contributed by atoms with Gasteiger partial charge in [0.05, 0.1) is 5.69 Å². The van der Waals surface area contributed by atoms with Gasteiger partial charge in [0.1, 0.15) is 11.6 Å². The van der Waals surface area contributed by atoms with Crippen molar-refractivity contribution in [2.24, 2.45) is 0 Å². The number of rotatable bonds is 5. The molecule has 0 spiro atoms. The number of hydrogen-bond donors (Lipinski definition) is 1. The Bertz CT molecular complexity index is 1370. The van der Waals surface area contributed by atoms with Crippen LogP contribution in [0.2, 0.25) is 0 Å². The van der Waals surface area contributed by atoms with Crippen molar-refractivity contribution in [3.05, 3.63) is 77.4 Å². The second-order valence-corrected chi connectivity index (χ2v) is 7.14. The summed E-state index contributed by atoms with van der Waals surface area (Å²) in [5.41, 5.74) is -1.04. The number of amides is 1. The lowest BCUT2D eigenvalue weighted by atomic mass is 10.1. The topological polar surface area (TPSA) is 68.5 Å². The first kappa shape index (κ1) is 23.1.